The third-order valence-electron chi connectivity index (χ3n) is 2.98. The highest BCUT2D eigenvalue weighted by Crippen LogP contribution is 2.29. The largest absolute Gasteiger partial charge is 0.329 e. The van der Waals surface area contributed by atoms with E-state index in [-0.39, 0.29) is 5.25 Å². The Kier molecular flexibility index (Phi) is 3.62. The van der Waals surface area contributed by atoms with E-state index >= 15 is 0 Å². The molecule has 0 bridgehead atoms. The fourth-order valence-corrected chi connectivity index (χ4v) is 2.25. The predicted molar refractivity (Wildman–Crippen MR) is 66.2 cm³/mol. The van der Waals surface area contributed by atoms with E-state index in [2.05, 4.69) is 46.4 Å². The number of thiol groups is 1. The van der Waals surface area contributed by atoms with Gasteiger partial charge >= 0.3 is 0 Å². The van der Waals surface area contributed by atoms with Crippen LogP contribution in [-0.2, 0) is 0 Å². The first kappa shape index (κ1) is 11.6. The fraction of sp³-hybridized carbons (Fsp3) is 0.500. The normalized spacial score (nSPS) is 13.0. The monoisotopic (exact) mass is 209 g/mol. The summed E-state index contributed by atoms with van der Waals surface area (Å²) < 4.78 is 0. The molecule has 14 heavy (non-hydrogen) atoms. The summed E-state index contributed by atoms with van der Waals surface area (Å²) >= 11 is 4.53. The Morgan fingerprint density at radius 2 is 1.57 bits per heavy atom. The molecule has 0 fully saturated rings. The molecule has 0 amide bonds. The highest BCUT2D eigenvalue weighted by atomic mass is 32.1. The molecule has 0 heterocycles. The van der Waals surface area contributed by atoms with Crippen molar-refractivity contribution in [1.29, 1.82) is 0 Å². The summed E-state index contributed by atoms with van der Waals surface area (Å²) in [6.45, 7) is 9.17. The minimum atomic E-state index is 0.161. The maximum Gasteiger partial charge on any atom is 0.0394 e. The molecule has 0 aliphatic carbocycles. The van der Waals surface area contributed by atoms with Crippen LogP contribution in [-0.4, -0.2) is 6.54 Å². The van der Waals surface area contributed by atoms with Crippen molar-refractivity contribution >= 4 is 12.6 Å². The lowest BCUT2D eigenvalue weighted by Gasteiger charge is -2.19. The van der Waals surface area contributed by atoms with Gasteiger partial charge in [-0.15, -0.1) is 0 Å². The van der Waals surface area contributed by atoms with Crippen LogP contribution in [0.25, 0.3) is 0 Å². The number of nitrogens with two attached hydrogens (primary N) is 1. The molecule has 0 aliphatic heterocycles. The molecule has 1 unspecified atom stereocenters. The zero-order valence-corrected chi connectivity index (χ0v) is 10.3. The van der Waals surface area contributed by atoms with Crippen molar-refractivity contribution in [1.82, 2.24) is 0 Å². The van der Waals surface area contributed by atoms with E-state index in [0.717, 1.165) is 0 Å². The zero-order valence-electron chi connectivity index (χ0n) is 9.39. The average Bonchev–Trinajstić information content (AvgIpc) is 2.15. The Bertz CT molecular complexity index is 318. The van der Waals surface area contributed by atoms with Crippen LogP contribution in [0, 0.1) is 27.7 Å². The predicted octanol–water partition coefficient (Wildman–Crippen LogP) is 2.85. The van der Waals surface area contributed by atoms with Crippen LogP contribution in [0.1, 0.15) is 33.1 Å². The van der Waals surface area contributed by atoms with Gasteiger partial charge in [0.25, 0.3) is 0 Å². The summed E-state index contributed by atoms with van der Waals surface area (Å²) in [5.41, 5.74) is 12.3. The second kappa shape index (κ2) is 4.37. The van der Waals surface area contributed by atoms with E-state index in [9.17, 15) is 0 Å². The van der Waals surface area contributed by atoms with Gasteiger partial charge in [-0.25, -0.2) is 0 Å². The van der Waals surface area contributed by atoms with E-state index in [1.165, 1.54) is 27.8 Å². The quantitative estimate of drug-likeness (QED) is 0.720. The molecule has 0 aromatic heterocycles. The second-order valence-corrected chi connectivity index (χ2v) is 4.55. The van der Waals surface area contributed by atoms with Crippen LogP contribution < -0.4 is 5.73 Å². The lowest BCUT2D eigenvalue weighted by Crippen LogP contribution is -2.11. The lowest BCUT2D eigenvalue weighted by atomic mass is 9.92. The molecule has 1 rings (SSSR count). The molecule has 1 atom stereocenters. The molecule has 2 N–H and O–H groups in total. The molecule has 78 valence electrons. The molecule has 1 aromatic rings. The molecule has 0 radical (unpaired) electrons. The van der Waals surface area contributed by atoms with Gasteiger partial charge in [-0.1, -0.05) is 6.07 Å². The summed E-state index contributed by atoms with van der Waals surface area (Å²) in [5.74, 6) is 0. The first-order valence-corrected chi connectivity index (χ1v) is 5.46. The molecule has 1 aromatic carbocycles. The van der Waals surface area contributed by atoms with Crippen molar-refractivity contribution in [3.05, 3.63) is 33.9 Å². The van der Waals surface area contributed by atoms with Crippen molar-refractivity contribution in [2.24, 2.45) is 5.73 Å². The van der Waals surface area contributed by atoms with Crippen LogP contribution >= 0.6 is 12.6 Å². The smallest absolute Gasteiger partial charge is 0.0394 e. The summed E-state index contributed by atoms with van der Waals surface area (Å²) in [6.07, 6.45) is 0. The van der Waals surface area contributed by atoms with Gasteiger partial charge in [0.2, 0.25) is 0 Å². The molecule has 2 heteroatoms. The van der Waals surface area contributed by atoms with Gasteiger partial charge in [-0.3, -0.25) is 0 Å². The SMILES string of the molecule is Cc1cc(C)c(C)c(C(S)CN)c1C. The van der Waals surface area contributed by atoms with Gasteiger partial charge < -0.3 is 5.73 Å². The maximum atomic E-state index is 5.67. The van der Waals surface area contributed by atoms with E-state index in [1.807, 2.05) is 0 Å². The summed E-state index contributed by atoms with van der Waals surface area (Å²) in [5, 5.41) is 0.161. The van der Waals surface area contributed by atoms with Crippen LogP contribution in [0.5, 0.6) is 0 Å². The zero-order chi connectivity index (χ0) is 10.9. The van der Waals surface area contributed by atoms with Gasteiger partial charge in [-0.2, -0.15) is 12.6 Å². The van der Waals surface area contributed by atoms with E-state index in [0.29, 0.717) is 6.54 Å². The summed E-state index contributed by atoms with van der Waals surface area (Å²) in [6, 6.07) is 2.23. The van der Waals surface area contributed by atoms with Crippen molar-refractivity contribution in [2.45, 2.75) is 32.9 Å². The minimum absolute atomic E-state index is 0.161. The van der Waals surface area contributed by atoms with Gasteiger partial charge in [0, 0.05) is 11.8 Å². The van der Waals surface area contributed by atoms with Crippen molar-refractivity contribution in [3.63, 3.8) is 0 Å². The van der Waals surface area contributed by atoms with Gasteiger partial charge in [0.15, 0.2) is 0 Å². The minimum Gasteiger partial charge on any atom is -0.329 e. The van der Waals surface area contributed by atoms with Crippen molar-refractivity contribution < 1.29 is 0 Å². The van der Waals surface area contributed by atoms with Crippen LogP contribution in [0.15, 0.2) is 6.07 Å². The highest BCUT2D eigenvalue weighted by Gasteiger charge is 2.13. The summed E-state index contributed by atoms with van der Waals surface area (Å²) in [7, 11) is 0. The van der Waals surface area contributed by atoms with E-state index in [1.54, 1.807) is 0 Å². The van der Waals surface area contributed by atoms with Crippen LogP contribution in [0.2, 0.25) is 0 Å². The fourth-order valence-electron chi connectivity index (χ4n) is 1.87. The molecule has 0 saturated carbocycles. The number of hydrogen-bond acceptors (Lipinski definition) is 2. The van der Waals surface area contributed by atoms with Crippen molar-refractivity contribution in [3.8, 4) is 0 Å². The molecule has 1 nitrogen and oxygen atoms in total. The Morgan fingerprint density at radius 1 is 1.14 bits per heavy atom. The Labute approximate surface area is 92.1 Å². The third-order valence-corrected chi connectivity index (χ3v) is 3.45. The molecular weight excluding hydrogens is 190 g/mol. The highest BCUT2D eigenvalue weighted by molar-refractivity contribution is 7.80. The van der Waals surface area contributed by atoms with Gasteiger partial charge in [-0.05, 0) is 55.5 Å². The van der Waals surface area contributed by atoms with Crippen molar-refractivity contribution in [2.75, 3.05) is 6.54 Å². The molecular formula is C12H19NS. The van der Waals surface area contributed by atoms with E-state index in [4.69, 9.17) is 5.73 Å². The van der Waals surface area contributed by atoms with Crippen LogP contribution in [0.4, 0.5) is 0 Å². The second-order valence-electron chi connectivity index (χ2n) is 3.93. The number of rotatable bonds is 2. The lowest BCUT2D eigenvalue weighted by molar-refractivity contribution is 0.920. The summed E-state index contributed by atoms with van der Waals surface area (Å²) in [4.78, 5) is 0. The Morgan fingerprint density at radius 3 is 1.93 bits per heavy atom. The van der Waals surface area contributed by atoms with Gasteiger partial charge in [0.05, 0.1) is 0 Å². The van der Waals surface area contributed by atoms with Crippen LogP contribution in [0.3, 0.4) is 0 Å². The first-order chi connectivity index (χ1) is 6.49. The standard InChI is InChI=1S/C12H19NS/c1-7-5-8(2)10(4)12(9(7)3)11(14)6-13/h5,11,14H,6,13H2,1-4H3. The number of aryl methyl sites for hydroxylation is 2. The number of hydrogen-bond donors (Lipinski definition) is 2. The Hall–Kier alpha value is -0.470. The molecule has 0 spiro atoms. The first-order valence-electron chi connectivity index (χ1n) is 4.94. The topological polar surface area (TPSA) is 26.0 Å². The Balaban J connectivity index is 3.39. The third kappa shape index (κ3) is 1.96. The molecule has 0 aliphatic rings. The maximum absolute atomic E-state index is 5.67. The van der Waals surface area contributed by atoms with E-state index < -0.39 is 0 Å². The average molecular weight is 209 g/mol. The molecule has 0 saturated heterocycles. The van der Waals surface area contributed by atoms with Gasteiger partial charge in [0.1, 0.15) is 0 Å². The number of benzene rings is 1.